The van der Waals surface area contributed by atoms with Gasteiger partial charge in [0, 0.05) is 5.57 Å². The summed E-state index contributed by atoms with van der Waals surface area (Å²) in [5, 5.41) is 9.80. The second-order valence-electron chi connectivity index (χ2n) is 4.08. The van der Waals surface area contributed by atoms with Crippen molar-refractivity contribution in [2.45, 2.75) is 38.9 Å². The summed E-state index contributed by atoms with van der Waals surface area (Å²) in [7, 11) is 0. The van der Waals surface area contributed by atoms with E-state index in [0.717, 1.165) is 0 Å². The third-order valence-electron chi connectivity index (χ3n) is 2.38. The molecule has 0 radical (unpaired) electrons. The minimum absolute atomic E-state index is 0.00726. The number of rotatable bonds is 2. The zero-order chi connectivity index (χ0) is 10.9. The van der Waals surface area contributed by atoms with Gasteiger partial charge in [0.15, 0.2) is 0 Å². The number of aliphatic hydroxyl groups is 1. The average Bonchev–Trinajstić information content (AvgIpc) is 2.28. The zero-order valence-electron chi connectivity index (χ0n) is 9.05. The molecule has 78 valence electrons. The molecule has 3 heteroatoms. The first-order chi connectivity index (χ1) is 6.37. The van der Waals surface area contributed by atoms with Gasteiger partial charge >= 0.3 is 0 Å². The smallest absolute Gasteiger partial charge is 0.219 e. The highest BCUT2D eigenvalue weighted by molar-refractivity contribution is 8.15. The van der Waals surface area contributed by atoms with Crippen molar-refractivity contribution in [3.8, 4) is 0 Å². The SMILES string of the molecule is CC(C)=CC[C@@]1(C)SC(=O)C(C)=C1O. The monoisotopic (exact) mass is 212 g/mol. The van der Waals surface area contributed by atoms with E-state index < -0.39 is 4.75 Å². The van der Waals surface area contributed by atoms with E-state index in [9.17, 15) is 9.90 Å². The van der Waals surface area contributed by atoms with Crippen molar-refractivity contribution in [2.24, 2.45) is 0 Å². The van der Waals surface area contributed by atoms with Gasteiger partial charge in [-0.05, 0) is 34.1 Å². The van der Waals surface area contributed by atoms with Gasteiger partial charge in [0.2, 0.25) is 5.12 Å². The number of thioether (sulfide) groups is 1. The molecule has 1 atom stereocenters. The van der Waals surface area contributed by atoms with Crippen LogP contribution in [0.15, 0.2) is 23.0 Å². The second-order valence-corrected chi connectivity index (χ2v) is 5.56. The van der Waals surface area contributed by atoms with E-state index in [2.05, 4.69) is 6.08 Å². The summed E-state index contributed by atoms with van der Waals surface area (Å²) in [5.41, 5.74) is 1.70. The van der Waals surface area contributed by atoms with Crippen LogP contribution in [0, 0.1) is 0 Å². The third-order valence-corrected chi connectivity index (χ3v) is 3.68. The van der Waals surface area contributed by atoms with Crippen LogP contribution < -0.4 is 0 Å². The van der Waals surface area contributed by atoms with Gasteiger partial charge in [0.25, 0.3) is 0 Å². The number of hydrogen-bond acceptors (Lipinski definition) is 3. The van der Waals surface area contributed by atoms with Gasteiger partial charge < -0.3 is 5.11 Å². The highest BCUT2D eigenvalue weighted by Crippen LogP contribution is 2.44. The Morgan fingerprint density at radius 3 is 2.50 bits per heavy atom. The summed E-state index contributed by atoms with van der Waals surface area (Å²) in [6.45, 7) is 7.61. The van der Waals surface area contributed by atoms with Gasteiger partial charge in [-0.1, -0.05) is 23.4 Å². The standard InChI is InChI=1S/C11H16O2S/c1-7(2)5-6-11(4)9(12)8(3)10(13)14-11/h5,12H,6H2,1-4H3/t11-/m1/s1. The molecule has 0 aromatic carbocycles. The molecule has 0 fully saturated rings. The van der Waals surface area contributed by atoms with Gasteiger partial charge in [0.05, 0.1) is 4.75 Å². The topological polar surface area (TPSA) is 37.3 Å². The Morgan fingerprint density at radius 1 is 1.57 bits per heavy atom. The van der Waals surface area contributed by atoms with Crippen molar-refractivity contribution in [3.63, 3.8) is 0 Å². The molecule has 0 unspecified atom stereocenters. The lowest BCUT2D eigenvalue weighted by Crippen LogP contribution is -2.19. The van der Waals surface area contributed by atoms with Crippen LogP contribution in [0.5, 0.6) is 0 Å². The second kappa shape index (κ2) is 3.81. The molecule has 0 spiro atoms. The molecular weight excluding hydrogens is 196 g/mol. The van der Waals surface area contributed by atoms with Crippen LogP contribution in [-0.4, -0.2) is 15.0 Å². The number of carbonyl (C=O) groups excluding carboxylic acids is 1. The molecule has 0 saturated heterocycles. The number of aliphatic hydroxyl groups excluding tert-OH is 1. The van der Waals surface area contributed by atoms with Crippen LogP contribution in [-0.2, 0) is 4.79 Å². The maximum absolute atomic E-state index is 11.4. The van der Waals surface area contributed by atoms with E-state index >= 15 is 0 Å². The van der Waals surface area contributed by atoms with Crippen LogP contribution in [0.3, 0.4) is 0 Å². The molecule has 1 rings (SSSR count). The Labute approximate surface area is 89.1 Å². The van der Waals surface area contributed by atoms with Crippen molar-refractivity contribution in [1.29, 1.82) is 0 Å². The lowest BCUT2D eigenvalue weighted by Gasteiger charge is -2.20. The van der Waals surface area contributed by atoms with E-state index in [1.165, 1.54) is 17.3 Å². The Bertz CT molecular complexity index is 324. The fourth-order valence-corrected chi connectivity index (χ4v) is 2.44. The van der Waals surface area contributed by atoms with E-state index in [4.69, 9.17) is 0 Å². The van der Waals surface area contributed by atoms with Gasteiger partial charge in [-0.3, -0.25) is 4.79 Å². The number of allylic oxidation sites excluding steroid dienone is 2. The van der Waals surface area contributed by atoms with E-state index in [0.29, 0.717) is 12.0 Å². The molecule has 14 heavy (non-hydrogen) atoms. The van der Waals surface area contributed by atoms with Gasteiger partial charge in [-0.25, -0.2) is 0 Å². The Morgan fingerprint density at radius 2 is 2.14 bits per heavy atom. The van der Waals surface area contributed by atoms with Crippen molar-refractivity contribution in [1.82, 2.24) is 0 Å². The molecule has 1 N–H and O–H groups in total. The van der Waals surface area contributed by atoms with E-state index in [-0.39, 0.29) is 10.9 Å². The van der Waals surface area contributed by atoms with Crippen LogP contribution in [0.1, 0.15) is 34.1 Å². The van der Waals surface area contributed by atoms with Crippen molar-refractivity contribution in [2.75, 3.05) is 0 Å². The summed E-state index contributed by atoms with van der Waals surface area (Å²) in [5.74, 6) is 0.241. The number of hydrogen-bond donors (Lipinski definition) is 1. The quantitative estimate of drug-likeness (QED) is 0.714. The lowest BCUT2D eigenvalue weighted by atomic mass is 10.0. The summed E-state index contributed by atoms with van der Waals surface area (Å²) >= 11 is 1.22. The fourth-order valence-electron chi connectivity index (χ4n) is 1.36. The zero-order valence-corrected chi connectivity index (χ0v) is 9.86. The summed E-state index contributed by atoms with van der Waals surface area (Å²) in [4.78, 5) is 11.4. The molecule has 0 aliphatic carbocycles. The van der Waals surface area contributed by atoms with Crippen LogP contribution in [0.4, 0.5) is 0 Å². The van der Waals surface area contributed by atoms with E-state index in [1.54, 1.807) is 6.92 Å². The molecule has 1 aliphatic heterocycles. The van der Waals surface area contributed by atoms with Crippen molar-refractivity contribution >= 4 is 16.9 Å². The molecule has 0 saturated carbocycles. The highest BCUT2D eigenvalue weighted by atomic mass is 32.2. The Hall–Kier alpha value is -0.700. The van der Waals surface area contributed by atoms with Crippen LogP contribution in [0.2, 0.25) is 0 Å². The molecule has 0 bridgehead atoms. The normalized spacial score (nSPS) is 27.0. The molecule has 1 aliphatic rings. The predicted octanol–water partition coefficient (Wildman–Crippen LogP) is 3.21. The molecule has 0 aromatic heterocycles. The molecule has 2 nitrogen and oxygen atoms in total. The first kappa shape index (κ1) is 11.4. The van der Waals surface area contributed by atoms with Crippen molar-refractivity contribution in [3.05, 3.63) is 23.0 Å². The third kappa shape index (κ3) is 2.03. The molecule has 0 amide bonds. The largest absolute Gasteiger partial charge is 0.510 e. The maximum atomic E-state index is 11.4. The first-order valence-electron chi connectivity index (χ1n) is 4.64. The minimum atomic E-state index is -0.446. The Kier molecular flexibility index (Phi) is 3.10. The van der Waals surface area contributed by atoms with Gasteiger partial charge in [-0.15, -0.1) is 0 Å². The highest BCUT2D eigenvalue weighted by Gasteiger charge is 2.40. The van der Waals surface area contributed by atoms with Crippen LogP contribution >= 0.6 is 11.8 Å². The summed E-state index contributed by atoms with van der Waals surface area (Å²) < 4.78 is -0.446. The van der Waals surface area contributed by atoms with Gasteiger partial charge in [-0.2, -0.15) is 0 Å². The lowest BCUT2D eigenvalue weighted by molar-refractivity contribution is -0.107. The predicted molar refractivity (Wildman–Crippen MR) is 60.4 cm³/mol. The maximum Gasteiger partial charge on any atom is 0.219 e. The molecular formula is C11H16O2S. The average molecular weight is 212 g/mol. The first-order valence-corrected chi connectivity index (χ1v) is 5.45. The molecule has 0 aromatic rings. The number of carbonyl (C=O) groups is 1. The minimum Gasteiger partial charge on any atom is -0.510 e. The van der Waals surface area contributed by atoms with Crippen LogP contribution in [0.25, 0.3) is 0 Å². The van der Waals surface area contributed by atoms with Gasteiger partial charge in [0.1, 0.15) is 5.76 Å². The van der Waals surface area contributed by atoms with E-state index in [1.807, 2.05) is 20.8 Å². The van der Waals surface area contributed by atoms with Crippen molar-refractivity contribution < 1.29 is 9.90 Å². The Balaban J connectivity index is 2.89. The molecule has 1 heterocycles. The summed E-state index contributed by atoms with van der Waals surface area (Å²) in [6, 6.07) is 0. The summed E-state index contributed by atoms with van der Waals surface area (Å²) in [6.07, 6.45) is 2.75. The fraction of sp³-hybridized carbons (Fsp3) is 0.545.